The van der Waals surface area contributed by atoms with Crippen molar-refractivity contribution < 1.29 is 0 Å². The number of hydrogen-bond donors (Lipinski definition) is 2. The van der Waals surface area contributed by atoms with E-state index in [-0.39, 0.29) is 0 Å². The van der Waals surface area contributed by atoms with Gasteiger partial charge in [0, 0.05) is 17.8 Å². The largest absolute Gasteiger partial charge is 0.386 e. The van der Waals surface area contributed by atoms with E-state index in [9.17, 15) is 0 Å². The Kier molecular flexibility index (Phi) is 4.46. The van der Waals surface area contributed by atoms with E-state index in [0.29, 0.717) is 12.1 Å². The van der Waals surface area contributed by atoms with Gasteiger partial charge in [-0.15, -0.1) is 0 Å². The summed E-state index contributed by atoms with van der Waals surface area (Å²) in [6.07, 6.45) is 5.18. The Hall–Kier alpha value is -0.500. The molecule has 0 aromatic rings. The normalized spacial score (nSPS) is 32.6. The van der Waals surface area contributed by atoms with Crippen LogP contribution in [0.1, 0.15) is 39.5 Å². The van der Waals surface area contributed by atoms with Gasteiger partial charge in [0.05, 0.1) is 0 Å². The highest BCUT2D eigenvalue weighted by Gasteiger charge is 2.26. The highest BCUT2D eigenvalue weighted by molar-refractivity contribution is 4.93. The van der Waals surface area contributed by atoms with Gasteiger partial charge in [0.2, 0.25) is 0 Å². The molecule has 0 aliphatic heterocycles. The van der Waals surface area contributed by atoms with Gasteiger partial charge in [-0.25, -0.2) is 0 Å². The molecule has 0 amide bonds. The summed E-state index contributed by atoms with van der Waals surface area (Å²) >= 11 is 0. The molecular weight excluding hydrogens is 172 g/mol. The van der Waals surface area contributed by atoms with Crippen LogP contribution in [0.25, 0.3) is 0 Å². The summed E-state index contributed by atoms with van der Waals surface area (Å²) in [6.45, 7) is 8.26. The molecule has 0 aromatic carbocycles. The second-order valence-electron chi connectivity index (χ2n) is 4.59. The summed E-state index contributed by atoms with van der Waals surface area (Å²) in [7, 11) is 2.07. The van der Waals surface area contributed by atoms with Gasteiger partial charge in [-0.1, -0.05) is 19.9 Å². The molecule has 3 atom stereocenters. The zero-order valence-electron chi connectivity index (χ0n) is 9.77. The molecule has 2 N–H and O–H groups in total. The van der Waals surface area contributed by atoms with Crippen molar-refractivity contribution in [3.05, 3.63) is 12.3 Å². The Morgan fingerprint density at radius 2 is 1.93 bits per heavy atom. The minimum atomic E-state index is 0.628. The van der Waals surface area contributed by atoms with Crippen LogP contribution < -0.4 is 10.6 Å². The van der Waals surface area contributed by atoms with E-state index < -0.39 is 0 Å². The molecule has 14 heavy (non-hydrogen) atoms. The Balaban J connectivity index is 2.46. The first-order valence-corrected chi connectivity index (χ1v) is 5.75. The monoisotopic (exact) mass is 196 g/mol. The van der Waals surface area contributed by atoms with Gasteiger partial charge in [-0.05, 0) is 39.2 Å². The number of allylic oxidation sites excluding steroid dienone is 1. The molecule has 1 aliphatic carbocycles. The number of rotatable bonds is 4. The van der Waals surface area contributed by atoms with Gasteiger partial charge >= 0.3 is 0 Å². The van der Waals surface area contributed by atoms with E-state index in [1.165, 1.54) is 25.7 Å². The second kappa shape index (κ2) is 5.40. The maximum atomic E-state index is 3.92. The molecule has 0 aromatic heterocycles. The lowest BCUT2D eigenvalue weighted by molar-refractivity contribution is 0.243. The van der Waals surface area contributed by atoms with E-state index in [1.807, 2.05) is 6.92 Å². The van der Waals surface area contributed by atoms with Gasteiger partial charge in [-0.2, -0.15) is 0 Å². The predicted octanol–water partition coefficient (Wildman–Crippen LogP) is 2.28. The molecule has 1 aliphatic rings. The van der Waals surface area contributed by atoms with E-state index in [4.69, 9.17) is 0 Å². The second-order valence-corrected chi connectivity index (χ2v) is 4.59. The molecule has 2 heteroatoms. The lowest BCUT2D eigenvalue weighted by atomic mass is 9.81. The van der Waals surface area contributed by atoms with Crippen molar-refractivity contribution in [2.75, 3.05) is 7.05 Å². The Bertz CT molecular complexity index is 177. The molecule has 0 spiro atoms. The van der Waals surface area contributed by atoms with Crippen LogP contribution in [0.4, 0.5) is 0 Å². The van der Waals surface area contributed by atoms with Crippen molar-refractivity contribution in [1.29, 1.82) is 0 Å². The van der Waals surface area contributed by atoms with Crippen molar-refractivity contribution in [2.24, 2.45) is 5.92 Å². The molecule has 2 nitrogen and oxygen atoms in total. The quantitative estimate of drug-likeness (QED) is 0.721. The lowest BCUT2D eigenvalue weighted by Crippen LogP contribution is -2.43. The third kappa shape index (κ3) is 3.33. The van der Waals surface area contributed by atoms with Crippen LogP contribution in [0, 0.1) is 5.92 Å². The van der Waals surface area contributed by atoms with E-state index in [0.717, 1.165) is 11.6 Å². The average molecular weight is 196 g/mol. The summed E-state index contributed by atoms with van der Waals surface area (Å²) in [5.74, 6) is 0.873. The van der Waals surface area contributed by atoms with Crippen molar-refractivity contribution in [1.82, 2.24) is 10.6 Å². The minimum absolute atomic E-state index is 0.628. The number of hydrogen-bond acceptors (Lipinski definition) is 2. The SMILES string of the molecule is C=C(C)NC1CC(CC)CC(NC)C1. The third-order valence-corrected chi connectivity index (χ3v) is 3.24. The summed E-state index contributed by atoms with van der Waals surface area (Å²) in [5, 5.41) is 6.88. The Labute approximate surface area is 88.2 Å². The van der Waals surface area contributed by atoms with Gasteiger partial charge in [0.1, 0.15) is 0 Å². The van der Waals surface area contributed by atoms with Crippen LogP contribution in [0.2, 0.25) is 0 Å². The fourth-order valence-electron chi connectivity index (χ4n) is 2.47. The molecule has 3 unspecified atom stereocenters. The molecule has 0 bridgehead atoms. The lowest BCUT2D eigenvalue weighted by Gasteiger charge is -2.35. The van der Waals surface area contributed by atoms with Gasteiger partial charge in [0.25, 0.3) is 0 Å². The molecule has 1 fully saturated rings. The van der Waals surface area contributed by atoms with E-state index >= 15 is 0 Å². The zero-order valence-corrected chi connectivity index (χ0v) is 9.77. The van der Waals surface area contributed by atoms with Crippen molar-refractivity contribution in [3.8, 4) is 0 Å². The van der Waals surface area contributed by atoms with Crippen LogP contribution in [0.3, 0.4) is 0 Å². The molecule has 0 saturated heterocycles. The molecule has 1 rings (SSSR count). The van der Waals surface area contributed by atoms with Crippen LogP contribution in [-0.4, -0.2) is 19.1 Å². The van der Waals surface area contributed by atoms with Crippen molar-refractivity contribution >= 4 is 0 Å². The van der Waals surface area contributed by atoms with Crippen molar-refractivity contribution in [2.45, 2.75) is 51.6 Å². The smallest absolute Gasteiger partial charge is 0.0275 e. The standard InChI is InChI=1S/C12H24N2/c1-5-10-6-11(13-4)8-12(7-10)14-9(2)3/h10-14H,2,5-8H2,1,3-4H3. The van der Waals surface area contributed by atoms with Crippen LogP contribution >= 0.6 is 0 Å². The maximum absolute atomic E-state index is 3.92. The van der Waals surface area contributed by atoms with Gasteiger partial charge in [0.15, 0.2) is 0 Å². The summed E-state index contributed by atoms with van der Waals surface area (Å²) < 4.78 is 0. The number of nitrogens with one attached hydrogen (secondary N) is 2. The first-order valence-electron chi connectivity index (χ1n) is 5.75. The minimum Gasteiger partial charge on any atom is -0.386 e. The van der Waals surface area contributed by atoms with Gasteiger partial charge in [-0.3, -0.25) is 0 Å². The third-order valence-electron chi connectivity index (χ3n) is 3.24. The molecular formula is C12H24N2. The first-order chi connectivity index (χ1) is 6.65. The average Bonchev–Trinajstić information content (AvgIpc) is 2.16. The summed E-state index contributed by atoms with van der Waals surface area (Å²) in [6, 6.07) is 1.31. The predicted molar refractivity (Wildman–Crippen MR) is 62.2 cm³/mol. The summed E-state index contributed by atoms with van der Waals surface area (Å²) in [4.78, 5) is 0. The summed E-state index contributed by atoms with van der Waals surface area (Å²) in [5.41, 5.74) is 1.10. The Morgan fingerprint density at radius 1 is 1.29 bits per heavy atom. The fraction of sp³-hybridized carbons (Fsp3) is 0.833. The zero-order chi connectivity index (χ0) is 10.6. The van der Waals surface area contributed by atoms with Crippen LogP contribution in [-0.2, 0) is 0 Å². The van der Waals surface area contributed by atoms with Crippen molar-refractivity contribution in [3.63, 3.8) is 0 Å². The highest BCUT2D eigenvalue weighted by atomic mass is 15.0. The highest BCUT2D eigenvalue weighted by Crippen LogP contribution is 2.27. The Morgan fingerprint density at radius 3 is 2.43 bits per heavy atom. The van der Waals surface area contributed by atoms with E-state index in [1.54, 1.807) is 0 Å². The molecule has 82 valence electrons. The first kappa shape index (κ1) is 11.6. The van der Waals surface area contributed by atoms with Gasteiger partial charge < -0.3 is 10.6 Å². The maximum Gasteiger partial charge on any atom is 0.0275 e. The molecule has 0 heterocycles. The van der Waals surface area contributed by atoms with Crippen LogP contribution in [0.5, 0.6) is 0 Å². The fourth-order valence-corrected chi connectivity index (χ4v) is 2.47. The molecule has 0 radical (unpaired) electrons. The van der Waals surface area contributed by atoms with Crippen LogP contribution in [0.15, 0.2) is 12.3 Å². The van der Waals surface area contributed by atoms with E-state index in [2.05, 4.69) is 31.2 Å². The molecule has 1 saturated carbocycles. The topological polar surface area (TPSA) is 24.1 Å².